The van der Waals surface area contributed by atoms with E-state index in [4.69, 9.17) is 0 Å². The van der Waals surface area contributed by atoms with Gasteiger partial charge in [-0.3, -0.25) is 0 Å². The molecule has 0 spiro atoms. The van der Waals surface area contributed by atoms with Crippen molar-refractivity contribution in [3.8, 4) is 0 Å². The SMILES string of the molecule is C=C(C)[CH2][Ge]([CH2]C)([CH2]C)[CH2]C(=C)C. The zero-order chi connectivity index (χ0) is 10.5. The minimum absolute atomic E-state index is 1.33. The molecule has 76 valence electrons. The summed E-state index contributed by atoms with van der Waals surface area (Å²) >= 11 is -1.59. The van der Waals surface area contributed by atoms with Gasteiger partial charge in [0.2, 0.25) is 0 Å². The maximum absolute atomic E-state index is 4.06. The Morgan fingerprint density at radius 2 is 1.23 bits per heavy atom. The second-order valence-corrected chi connectivity index (χ2v) is 15.2. The monoisotopic (exact) mass is 242 g/mol. The van der Waals surface area contributed by atoms with Crippen LogP contribution in [-0.4, -0.2) is 13.3 Å². The summed E-state index contributed by atoms with van der Waals surface area (Å²) in [4.78, 5) is 0. The third kappa shape index (κ3) is 4.70. The molecule has 0 radical (unpaired) electrons. The summed E-state index contributed by atoms with van der Waals surface area (Å²) in [5, 5.41) is 5.49. The molecule has 0 aromatic rings. The van der Waals surface area contributed by atoms with Crippen LogP contribution in [0, 0.1) is 0 Å². The van der Waals surface area contributed by atoms with E-state index in [1.807, 2.05) is 0 Å². The summed E-state index contributed by atoms with van der Waals surface area (Å²) in [6, 6.07) is 0. The molecule has 0 bridgehead atoms. The van der Waals surface area contributed by atoms with E-state index < -0.39 is 13.3 Å². The van der Waals surface area contributed by atoms with Crippen molar-refractivity contribution in [1.82, 2.24) is 0 Å². The molecule has 13 heavy (non-hydrogen) atoms. The second kappa shape index (κ2) is 5.69. The molecular weight excluding hydrogens is 217 g/mol. The first-order valence-corrected chi connectivity index (χ1v) is 11.2. The van der Waals surface area contributed by atoms with Crippen LogP contribution in [0.4, 0.5) is 0 Å². The summed E-state index contributed by atoms with van der Waals surface area (Å²) in [6.45, 7) is 17.2. The summed E-state index contributed by atoms with van der Waals surface area (Å²) in [7, 11) is 0. The van der Waals surface area contributed by atoms with Gasteiger partial charge in [-0.15, -0.1) is 0 Å². The van der Waals surface area contributed by atoms with Crippen LogP contribution >= 0.6 is 0 Å². The van der Waals surface area contributed by atoms with Crippen LogP contribution in [0.5, 0.6) is 0 Å². The van der Waals surface area contributed by atoms with Crippen molar-refractivity contribution in [1.29, 1.82) is 0 Å². The van der Waals surface area contributed by atoms with E-state index in [1.165, 1.54) is 32.2 Å². The fraction of sp³-hybridized carbons (Fsp3) is 0.667. The third-order valence-electron chi connectivity index (χ3n) is 2.85. The topological polar surface area (TPSA) is 0 Å². The predicted octanol–water partition coefficient (Wildman–Crippen LogP) is 4.63. The Morgan fingerprint density at radius 3 is 1.38 bits per heavy atom. The van der Waals surface area contributed by atoms with Crippen LogP contribution in [0.15, 0.2) is 24.3 Å². The van der Waals surface area contributed by atoms with Crippen LogP contribution in [0.25, 0.3) is 0 Å². The van der Waals surface area contributed by atoms with E-state index in [0.29, 0.717) is 0 Å². The molecule has 0 aromatic carbocycles. The Bertz CT molecular complexity index is 169. The van der Waals surface area contributed by atoms with E-state index in [-0.39, 0.29) is 0 Å². The summed E-state index contributed by atoms with van der Waals surface area (Å²) in [6.07, 6.45) is 0. The molecule has 0 saturated heterocycles. The zero-order valence-electron chi connectivity index (χ0n) is 9.74. The van der Waals surface area contributed by atoms with Gasteiger partial charge in [0, 0.05) is 0 Å². The van der Waals surface area contributed by atoms with E-state index in [1.54, 1.807) is 0 Å². The van der Waals surface area contributed by atoms with Gasteiger partial charge in [-0.2, -0.15) is 0 Å². The van der Waals surface area contributed by atoms with E-state index >= 15 is 0 Å². The molecule has 0 fully saturated rings. The Kier molecular flexibility index (Phi) is 5.70. The van der Waals surface area contributed by atoms with E-state index in [9.17, 15) is 0 Å². The summed E-state index contributed by atoms with van der Waals surface area (Å²) in [5.74, 6) is 0. The van der Waals surface area contributed by atoms with E-state index in [0.717, 1.165) is 0 Å². The van der Waals surface area contributed by atoms with Gasteiger partial charge >= 0.3 is 86.3 Å². The molecule has 1 heteroatoms. The summed E-state index contributed by atoms with van der Waals surface area (Å²) < 4.78 is 0. The van der Waals surface area contributed by atoms with Gasteiger partial charge in [-0.05, 0) is 0 Å². The first kappa shape index (κ1) is 13.0. The molecule has 0 saturated carbocycles. The molecule has 0 amide bonds. The number of hydrogen-bond acceptors (Lipinski definition) is 0. The van der Waals surface area contributed by atoms with Crippen LogP contribution in [0.1, 0.15) is 27.7 Å². The molecule has 0 heterocycles. The quantitative estimate of drug-likeness (QED) is 0.469. The average Bonchev–Trinajstić information content (AvgIpc) is 2.01. The van der Waals surface area contributed by atoms with Gasteiger partial charge in [-0.25, -0.2) is 0 Å². The van der Waals surface area contributed by atoms with Gasteiger partial charge < -0.3 is 0 Å². The van der Waals surface area contributed by atoms with Crippen molar-refractivity contribution < 1.29 is 0 Å². The molecule has 0 N–H and O–H groups in total. The molecular formula is C12H24Ge. The number of rotatable bonds is 6. The second-order valence-electron chi connectivity index (χ2n) is 4.47. The van der Waals surface area contributed by atoms with Gasteiger partial charge in [0.1, 0.15) is 0 Å². The molecule has 0 aliphatic rings. The van der Waals surface area contributed by atoms with Gasteiger partial charge in [0.15, 0.2) is 0 Å². The number of allylic oxidation sites excluding steroid dienone is 2. The van der Waals surface area contributed by atoms with Crippen LogP contribution in [-0.2, 0) is 0 Å². The molecule has 0 aliphatic carbocycles. The first-order chi connectivity index (χ1) is 5.95. The van der Waals surface area contributed by atoms with Crippen LogP contribution in [0.3, 0.4) is 0 Å². The molecule has 0 nitrogen and oxygen atoms in total. The first-order valence-electron chi connectivity index (χ1n) is 5.24. The van der Waals surface area contributed by atoms with Crippen molar-refractivity contribution in [2.75, 3.05) is 0 Å². The fourth-order valence-corrected chi connectivity index (χ4v) is 10.9. The Morgan fingerprint density at radius 1 is 0.923 bits per heavy atom. The third-order valence-corrected chi connectivity index (χ3v) is 14.8. The Labute approximate surface area is 86.5 Å². The predicted molar refractivity (Wildman–Crippen MR) is 66.0 cm³/mol. The minimum atomic E-state index is -1.59. The zero-order valence-corrected chi connectivity index (χ0v) is 11.8. The molecule has 0 atom stereocenters. The molecule has 0 rings (SSSR count). The van der Waals surface area contributed by atoms with Crippen LogP contribution in [0.2, 0.25) is 21.0 Å². The fourth-order valence-electron chi connectivity index (χ4n) is 2.09. The van der Waals surface area contributed by atoms with Crippen molar-refractivity contribution in [2.24, 2.45) is 0 Å². The van der Waals surface area contributed by atoms with Crippen molar-refractivity contribution in [2.45, 2.75) is 48.7 Å². The van der Waals surface area contributed by atoms with Crippen molar-refractivity contribution >= 4 is 13.3 Å². The summed E-state index contributed by atoms with van der Waals surface area (Å²) in [5.41, 5.74) is 2.76. The Hall–Kier alpha value is 0.0229. The average molecular weight is 241 g/mol. The normalized spacial score (nSPS) is 11.4. The van der Waals surface area contributed by atoms with Crippen LogP contribution < -0.4 is 0 Å². The number of hydrogen-bond donors (Lipinski definition) is 0. The Balaban J connectivity index is 4.48. The van der Waals surface area contributed by atoms with Crippen molar-refractivity contribution in [3.05, 3.63) is 24.3 Å². The van der Waals surface area contributed by atoms with Gasteiger partial charge in [0.25, 0.3) is 0 Å². The van der Waals surface area contributed by atoms with Gasteiger partial charge in [0.05, 0.1) is 0 Å². The standard InChI is InChI=1S/C12H24Ge/c1-7-13(8-2,9-11(3)4)10-12(5)6/h3,5,7-10H2,1-2,4,6H3. The van der Waals surface area contributed by atoms with Crippen molar-refractivity contribution in [3.63, 3.8) is 0 Å². The molecule has 0 aliphatic heterocycles. The van der Waals surface area contributed by atoms with E-state index in [2.05, 4.69) is 40.9 Å². The molecule has 0 aromatic heterocycles. The maximum atomic E-state index is 4.06. The van der Waals surface area contributed by atoms with Gasteiger partial charge in [-0.1, -0.05) is 0 Å². The molecule has 0 unspecified atom stereocenters.